The molecular weight excluding hydrogens is 382 g/mol. The van der Waals surface area contributed by atoms with Crippen LogP contribution in [0.2, 0.25) is 5.02 Å². The number of methoxy groups -OCH3 is 1. The van der Waals surface area contributed by atoms with E-state index in [-0.39, 0.29) is 23.3 Å². The van der Waals surface area contributed by atoms with Gasteiger partial charge in [-0.3, -0.25) is 0 Å². The highest BCUT2D eigenvalue weighted by atomic mass is 35.5. The van der Waals surface area contributed by atoms with E-state index < -0.39 is 10.0 Å². The second-order valence-corrected chi connectivity index (χ2v) is 7.62. The van der Waals surface area contributed by atoms with E-state index in [2.05, 4.69) is 19.7 Å². The highest BCUT2D eigenvalue weighted by Gasteiger charge is 2.19. The molecule has 1 aromatic carbocycles. The first-order valence-corrected chi connectivity index (χ1v) is 9.71. The number of halogens is 1. The fraction of sp³-hybridized carbons (Fsp3) is 0.400. The second-order valence-electron chi connectivity index (χ2n) is 5.42. The van der Waals surface area contributed by atoms with Crippen LogP contribution in [0.25, 0.3) is 0 Å². The molecule has 140 valence electrons. The lowest BCUT2D eigenvalue weighted by atomic mass is 10.4. The minimum absolute atomic E-state index is 0.0961. The molecular formula is C15H18ClN5O4S. The molecule has 1 fully saturated rings. The van der Waals surface area contributed by atoms with Gasteiger partial charge in [0.25, 0.3) is 0 Å². The normalized spacial score (nSPS) is 15.1. The first kappa shape index (κ1) is 18.8. The van der Waals surface area contributed by atoms with E-state index in [0.717, 1.165) is 0 Å². The molecule has 26 heavy (non-hydrogen) atoms. The first-order valence-electron chi connectivity index (χ1n) is 7.85. The van der Waals surface area contributed by atoms with E-state index in [4.69, 9.17) is 21.1 Å². The van der Waals surface area contributed by atoms with Crippen molar-refractivity contribution in [2.45, 2.75) is 11.4 Å². The predicted molar refractivity (Wildman–Crippen MR) is 94.9 cm³/mol. The first-order chi connectivity index (χ1) is 12.5. The summed E-state index contributed by atoms with van der Waals surface area (Å²) in [5.74, 6) is 0.691. The minimum Gasteiger partial charge on any atom is -0.467 e. The zero-order valence-corrected chi connectivity index (χ0v) is 15.6. The van der Waals surface area contributed by atoms with Crippen LogP contribution in [0.5, 0.6) is 6.01 Å². The summed E-state index contributed by atoms with van der Waals surface area (Å²) < 4.78 is 37.6. The molecule has 1 saturated heterocycles. The van der Waals surface area contributed by atoms with Gasteiger partial charge in [0.1, 0.15) is 0 Å². The Hall–Kier alpha value is -2.01. The SMILES string of the molecule is COc1nc(CNS(=O)(=O)c2ccc(Cl)cc2)nc(N2CCOCC2)n1. The number of benzene rings is 1. The average molecular weight is 400 g/mol. The number of morpholine rings is 1. The van der Waals surface area contributed by atoms with E-state index >= 15 is 0 Å². The number of aromatic nitrogens is 3. The Morgan fingerprint density at radius 2 is 1.88 bits per heavy atom. The van der Waals surface area contributed by atoms with Crippen LogP contribution >= 0.6 is 11.6 Å². The number of sulfonamides is 1. The number of nitrogens with zero attached hydrogens (tertiary/aromatic N) is 4. The molecule has 0 saturated carbocycles. The van der Waals surface area contributed by atoms with Crippen LogP contribution in [-0.2, 0) is 21.3 Å². The highest BCUT2D eigenvalue weighted by molar-refractivity contribution is 7.89. The fourth-order valence-corrected chi connectivity index (χ4v) is 3.42. The molecule has 3 rings (SSSR count). The number of nitrogens with one attached hydrogen (secondary N) is 1. The third kappa shape index (κ3) is 4.58. The molecule has 0 bridgehead atoms. The Balaban J connectivity index is 1.77. The van der Waals surface area contributed by atoms with E-state index in [9.17, 15) is 8.42 Å². The molecule has 0 aliphatic carbocycles. The van der Waals surface area contributed by atoms with Crippen LogP contribution < -0.4 is 14.4 Å². The lowest BCUT2D eigenvalue weighted by Gasteiger charge is -2.26. The van der Waals surface area contributed by atoms with Crippen molar-refractivity contribution in [2.24, 2.45) is 0 Å². The Kier molecular flexibility index (Phi) is 5.87. The summed E-state index contributed by atoms with van der Waals surface area (Å²) in [5, 5.41) is 0.460. The van der Waals surface area contributed by atoms with Crippen molar-refractivity contribution in [1.82, 2.24) is 19.7 Å². The molecule has 2 heterocycles. The van der Waals surface area contributed by atoms with Gasteiger partial charge in [0.2, 0.25) is 16.0 Å². The van der Waals surface area contributed by atoms with E-state index in [1.165, 1.54) is 31.4 Å². The molecule has 11 heteroatoms. The summed E-state index contributed by atoms with van der Waals surface area (Å²) in [5.41, 5.74) is 0. The average Bonchev–Trinajstić information content (AvgIpc) is 2.67. The van der Waals surface area contributed by atoms with E-state index in [1.807, 2.05) is 4.90 Å². The zero-order valence-electron chi connectivity index (χ0n) is 14.1. The summed E-state index contributed by atoms with van der Waals surface area (Å²) in [6.45, 7) is 2.34. The molecule has 0 atom stereocenters. The molecule has 2 aromatic rings. The Morgan fingerprint density at radius 3 is 2.54 bits per heavy atom. The number of ether oxygens (including phenoxy) is 2. The van der Waals surface area contributed by atoms with Crippen molar-refractivity contribution >= 4 is 27.6 Å². The predicted octanol–water partition coefficient (Wildman–Crippen LogP) is 0.849. The van der Waals surface area contributed by atoms with Gasteiger partial charge in [-0.1, -0.05) is 11.6 Å². The Labute approximate surface area is 156 Å². The second kappa shape index (κ2) is 8.12. The van der Waals surface area contributed by atoms with Crippen molar-refractivity contribution in [2.75, 3.05) is 38.3 Å². The van der Waals surface area contributed by atoms with Gasteiger partial charge in [0, 0.05) is 18.1 Å². The number of hydrogen-bond acceptors (Lipinski definition) is 8. The van der Waals surface area contributed by atoms with Crippen LogP contribution in [0.1, 0.15) is 5.82 Å². The quantitative estimate of drug-likeness (QED) is 0.761. The topological polar surface area (TPSA) is 107 Å². The van der Waals surface area contributed by atoms with Crippen LogP contribution in [0, 0.1) is 0 Å². The van der Waals surface area contributed by atoms with Crippen molar-refractivity contribution in [3.8, 4) is 6.01 Å². The summed E-state index contributed by atoms with van der Waals surface area (Å²) in [4.78, 5) is 14.7. The van der Waals surface area contributed by atoms with Gasteiger partial charge in [-0.15, -0.1) is 0 Å². The summed E-state index contributed by atoms with van der Waals surface area (Å²) in [6.07, 6.45) is 0. The van der Waals surface area contributed by atoms with Gasteiger partial charge < -0.3 is 14.4 Å². The van der Waals surface area contributed by atoms with Crippen molar-refractivity contribution in [3.05, 3.63) is 35.1 Å². The summed E-state index contributed by atoms with van der Waals surface area (Å²) >= 11 is 5.79. The highest BCUT2D eigenvalue weighted by Crippen LogP contribution is 2.16. The molecule has 9 nitrogen and oxygen atoms in total. The maximum atomic E-state index is 12.4. The Morgan fingerprint density at radius 1 is 1.19 bits per heavy atom. The van der Waals surface area contributed by atoms with Crippen LogP contribution in [0.3, 0.4) is 0 Å². The van der Waals surface area contributed by atoms with Crippen LogP contribution in [0.4, 0.5) is 5.95 Å². The maximum Gasteiger partial charge on any atom is 0.321 e. The molecule has 1 aromatic heterocycles. The molecule has 0 amide bonds. The third-order valence-corrected chi connectivity index (χ3v) is 5.34. The van der Waals surface area contributed by atoms with Crippen LogP contribution in [-0.4, -0.2) is 56.8 Å². The molecule has 1 aliphatic heterocycles. The van der Waals surface area contributed by atoms with Gasteiger partial charge >= 0.3 is 6.01 Å². The number of hydrogen-bond donors (Lipinski definition) is 1. The minimum atomic E-state index is -3.72. The van der Waals surface area contributed by atoms with Crippen molar-refractivity contribution in [3.63, 3.8) is 0 Å². The van der Waals surface area contributed by atoms with E-state index in [0.29, 0.717) is 37.3 Å². The lowest BCUT2D eigenvalue weighted by molar-refractivity contribution is 0.122. The van der Waals surface area contributed by atoms with Gasteiger partial charge in [-0.25, -0.2) is 13.1 Å². The van der Waals surface area contributed by atoms with Gasteiger partial charge in [-0.05, 0) is 24.3 Å². The lowest BCUT2D eigenvalue weighted by Crippen LogP contribution is -2.37. The van der Waals surface area contributed by atoms with Crippen molar-refractivity contribution in [1.29, 1.82) is 0 Å². The molecule has 1 aliphatic rings. The number of rotatable bonds is 6. The monoisotopic (exact) mass is 399 g/mol. The summed E-state index contributed by atoms with van der Waals surface area (Å²) in [6, 6.07) is 6.01. The van der Waals surface area contributed by atoms with Gasteiger partial charge in [0.05, 0.1) is 31.8 Å². The Bertz CT molecular complexity index is 857. The van der Waals surface area contributed by atoms with Crippen molar-refractivity contribution < 1.29 is 17.9 Å². The van der Waals surface area contributed by atoms with Crippen LogP contribution in [0.15, 0.2) is 29.2 Å². The molecule has 1 N–H and O–H groups in total. The maximum absolute atomic E-state index is 12.4. The number of anilines is 1. The molecule has 0 radical (unpaired) electrons. The smallest absolute Gasteiger partial charge is 0.321 e. The largest absolute Gasteiger partial charge is 0.467 e. The van der Waals surface area contributed by atoms with Gasteiger partial charge in [-0.2, -0.15) is 15.0 Å². The zero-order chi connectivity index (χ0) is 18.6. The molecule has 0 unspecified atom stereocenters. The fourth-order valence-electron chi connectivity index (χ4n) is 2.32. The summed E-state index contributed by atoms with van der Waals surface area (Å²) in [7, 11) is -2.27. The van der Waals surface area contributed by atoms with Gasteiger partial charge in [0.15, 0.2) is 5.82 Å². The standard InChI is InChI=1S/C15H18ClN5O4S/c1-24-15-19-13(18-14(20-15)21-6-8-25-9-7-21)10-17-26(22,23)12-4-2-11(16)3-5-12/h2-5,17H,6-10H2,1H3. The van der Waals surface area contributed by atoms with E-state index in [1.54, 1.807) is 0 Å². The molecule has 0 spiro atoms. The third-order valence-electron chi connectivity index (χ3n) is 3.67.